The standard InChI is InChI=1S/C35H33NO3/c1-2-3-22-36-24-31(23-34(37)38)35-30(10-7-11-33(35)36)19-12-26-15-20-32(21-16-26)39-25-27-13-17-29(18-14-27)28-8-5-4-6-9-28/h4-21,24H,2-3,22-23,25H2,1H3,(H,37,38)/b19-12+. The van der Waals surface area contributed by atoms with Crippen molar-refractivity contribution in [3.05, 3.63) is 126 Å². The molecule has 1 N–H and O–H groups in total. The number of rotatable bonds is 11. The number of carboxylic acid groups (broad SMARTS) is 1. The molecule has 0 fully saturated rings. The van der Waals surface area contributed by atoms with E-state index in [1.807, 2.05) is 54.7 Å². The van der Waals surface area contributed by atoms with E-state index in [1.165, 1.54) is 11.1 Å². The number of hydrogen-bond donors (Lipinski definition) is 1. The number of unbranched alkanes of at least 4 members (excludes halogenated alkanes) is 1. The number of aliphatic carboxylic acids is 1. The molecule has 4 nitrogen and oxygen atoms in total. The Hall–Kier alpha value is -4.57. The van der Waals surface area contributed by atoms with E-state index >= 15 is 0 Å². The van der Waals surface area contributed by atoms with Gasteiger partial charge in [-0.15, -0.1) is 0 Å². The van der Waals surface area contributed by atoms with E-state index in [0.29, 0.717) is 6.61 Å². The maximum atomic E-state index is 11.5. The number of hydrogen-bond acceptors (Lipinski definition) is 2. The second-order valence-electron chi connectivity index (χ2n) is 9.77. The van der Waals surface area contributed by atoms with Crippen molar-refractivity contribution in [2.75, 3.05) is 0 Å². The van der Waals surface area contributed by atoms with E-state index in [-0.39, 0.29) is 6.42 Å². The van der Waals surface area contributed by atoms with Crippen LogP contribution in [0, 0.1) is 0 Å². The Morgan fingerprint density at radius 2 is 1.59 bits per heavy atom. The molecule has 5 aromatic rings. The number of ether oxygens (including phenoxy) is 1. The Bertz CT molecular complexity index is 1560. The molecule has 0 saturated heterocycles. The van der Waals surface area contributed by atoms with Gasteiger partial charge in [0.05, 0.1) is 6.42 Å². The highest BCUT2D eigenvalue weighted by Gasteiger charge is 2.13. The lowest BCUT2D eigenvalue weighted by Crippen LogP contribution is -1.99. The molecule has 0 saturated carbocycles. The van der Waals surface area contributed by atoms with E-state index in [4.69, 9.17) is 4.74 Å². The molecule has 0 amide bonds. The van der Waals surface area contributed by atoms with Crippen LogP contribution < -0.4 is 4.74 Å². The Balaban J connectivity index is 1.27. The fourth-order valence-electron chi connectivity index (χ4n) is 4.87. The van der Waals surface area contributed by atoms with Gasteiger partial charge in [-0.1, -0.05) is 104 Å². The topological polar surface area (TPSA) is 51.5 Å². The molecule has 0 spiro atoms. The molecule has 0 unspecified atom stereocenters. The summed E-state index contributed by atoms with van der Waals surface area (Å²) >= 11 is 0. The Kier molecular flexibility index (Phi) is 8.23. The summed E-state index contributed by atoms with van der Waals surface area (Å²) in [7, 11) is 0. The monoisotopic (exact) mass is 515 g/mol. The first-order valence-corrected chi connectivity index (χ1v) is 13.5. The van der Waals surface area contributed by atoms with Crippen molar-refractivity contribution >= 4 is 29.0 Å². The molecular formula is C35H33NO3. The molecule has 0 aliphatic heterocycles. The zero-order valence-electron chi connectivity index (χ0n) is 22.2. The predicted octanol–water partition coefficient (Wildman–Crippen LogP) is 8.48. The van der Waals surface area contributed by atoms with E-state index in [2.05, 4.69) is 72.2 Å². The van der Waals surface area contributed by atoms with Crippen LogP contribution in [0.1, 0.15) is 42.0 Å². The highest BCUT2D eigenvalue weighted by Crippen LogP contribution is 2.28. The zero-order chi connectivity index (χ0) is 27.0. The van der Waals surface area contributed by atoms with Crippen molar-refractivity contribution in [2.24, 2.45) is 0 Å². The first-order valence-electron chi connectivity index (χ1n) is 13.5. The van der Waals surface area contributed by atoms with Gasteiger partial charge in [-0.05, 0) is 58.0 Å². The summed E-state index contributed by atoms with van der Waals surface area (Å²) in [6.07, 6.45) is 8.31. The third-order valence-electron chi connectivity index (χ3n) is 6.91. The average molecular weight is 516 g/mol. The fourth-order valence-corrected chi connectivity index (χ4v) is 4.87. The van der Waals surface area contributed by atoms with E-state index < -0.39 is 5.97 Å². The molecule has 196 valence electrons. The molecule has 1 heterocycles. The lowest BCUT2D eigenvalue weighted by molar-refractivity contribution is -0.136. The van der Waals surface area contributed by atoms with Gasteiger partial charge >= 0.3 is 5.97 Å². The summed E-state index contributed by atoms with van der Waals surface area (Å²) < 4.78 is 8.21. The van der Waals surface area contributed by atoms with Gasteiger partial charge in [0.2, 0.25) is 0 Å². The second kappa shape index (κ2) is 12.3. The van der Waals surface area contributed by atoms with Gasteiger partial charge in [0.25, 0.3) is 0 Å². The Morgan fingerprint density at radius 1 is 0.846 bits per heavy atom. The maximum Gasteiger partial charge on any atom is 0.307 e. The molecule has 39 heavy (non-hydrogen) atoms. The lowest BCUT2D eigenvalue weighted by atomic mass is 10.0. The van der Waals surface area contributed by atoms with Gasteiger partial charge < -0.3 is 14.4 Å². The van der Waals surface area contributed by atoms with Crippen LogP contribution in [0.3, 0.4) is 0 Å². The van der Waals surface area contributed by atoms with E-state index in [0.717, 1.165) is 58.3 Å². The van der Waals surface area contributed by atoms with Gasteiger partial charge in [0.15, 0.2) is 0 Å². The fraction of sp³-hybridized carbons (Fsp3) is 0.171. The van der Waals surface area contributed by atoms with Crippen LogP contribution in [-0.4, -0.2) is 15.6 Å². The molecule has 0 bridgehead atoms. The van der Waals surface area contributed by atoms with Crippen LogP contribution in [0.15, 0.2) is 103 Å². The first-order chi connectivity index (χ1) is 19.1. The number of fused-ring (bicyclic) bond motifs is 1. The first kappa shape index (κ1) is 26.1. The quantitative estimate of drug-likeness (QED) is 0.179. The van der Waals surface area contributed by atoms with Crippen LogP contribution >= 0.6 is 0 Å². The summed E-state index contributed by atoms with van der Waals surface area (Å²) in [6, 6.07) is 33.0. The van der Waals surface area contributed by atoms with Gasteiger partial charge in [-0.2, -0.15) is 0 Å². The van der Waals surface area contributed by atoms with Crippen LogP contribution in [-0.2, 0) is 24.4 Å². The second-order valence-corrected chi connectivity index (χ2v) is 9.77. The average Bonchev–Trinajstić information content (AvgIpc) is 3.32. The molecular weight excluding hydrogens is 482 g/mol. The summed E-state index contributed by atoms with van der Waals surface area (Å²) in [5.41, 5.74) is 7.54. The van der Waals surface area contributed by atoms with Crippen LogP contribution in [0.4, 0.5) is 0 Å². The maximum absolute atomic E-state index is 11.5. The zero-order valence-corrected chi connectivity index (χ0v) is 22.2. The van der Waals surface area contributed by atoms with Crippen molar-refractivity contribution < 1.29 is 14.6 Å². The highest BCUT2D eigenvalue weighted by atomic mass is 16.5. The van der Waals surface area contributed by atoms with Crippen molar-refractivity contribution in [1.82, 2.24) is 4.57 Å². The number of carbonyl (C=O) groups is 1. The SMILES string of the molecule is CCCCn1cc(CC(=O)O)c2c(/C=C/c3ccc(OCc4ccc(-c5ccccc5)cc4)cc3)cccc21. The van der Waals surface area contributed by atoms with Gasteiger partial charge in [0, 0.05) is 23.6 Å². The van der Waals surface area contributed by atoms with Crippen LogP contribution in [0.2, 0.25) is 0 Å². The van der Waals surface area contributed by atoms with Gasteiger partial charge in [-0.3, -0.25) is 4.79 Å². The molecule has 0 aliphatic rings. The summed E-state index contributed by atoms with van der Waals surface area (Å²) in [4.78, 5) is 11.5. The summed E-state index contributed by atoms with van der Waals surface area (Å²) in [5.74, 6) is 0.00387. The Labute approximate surface area is 229 Å². The van der Waals surface area contributed by atoms with Crippen molar-refractivity contribution in [3.8, 4) is 16.9 Å². The predicted molar refractivity (Wildman–Crippen MR) is 160 cm³/mol. The smallest absolute Gasteiger partial charge is 0.307 e. The third kappa shape index (κ3) is 6.47. The minimum absolute atomic E-state index is 0.0154. The molecule has 1 aromatic heterocycles. The number of carboxylic acids is 1. The normalized spacial score (nSPS) is 11.3. The summed E-state index contributed by atoms with van der Waals surface area (Å²) in [6.45, 7) is 3.56. The molecule has 4 heteroatoms. The van der Waals surface area contributed by atoms with Crippen molar-refractivity contribution in [1.29, 1.82) is 0 Å². The Morgan fingerprint density at radius 3 is 2.31 bits per heavy atom. The number of aryl methyl sites for hydroxylation is 1. The van der Waals surface area contributed by atoms with Crippen LogP contribution in [0.5, 0.6) is 5.75 Å². The molecule has 4 aromatic carbocycles. The minimum Gasteiger partial charge on any atom is -0.489 e. The lowest BCUT2D eigenvalue weighted by Gasteiger charge is -2.08. The van der Waals surface area contributed by atoms with Crippen molar-refractivity contribution in [2.45, 2.75) is 39.3 Å². The molecule has 0 atom stereocenters. The number of aromatic nitrogens is 1. The molecule has 5 rings (SSSR count). The third-order valence-corrected chi connectivity index (χ3v) is 6.91. The van der Waals surface area contributed by atoms with Crippen molar-refractivity contribution in [3.63, 3.8) is 0 Å². The summed E-state index contributed by atoms with van der Waals surface area (Å²) in [5, 5.41) is 10.5. The van der Waals surface area contributed by atoms with Gasteiger partial charge in [0.1, 0.15) is 12.4 Å². The number of benzene rings is 4. The van der Waals surface area contributed by atoms with Gasteiger partial charge in [-0.25, -0.2) is 0 Å². The molecule has 0 radical (unpaired) electrons. The minimum atomic E-state index is -0.814. The molecule has 0 aliphatic carbocycles. The van der Waals surface area contributed by atoms with E-state index in [9.17, 15) is 9.90 Å². The van der Waals surface area contributed by atoms with Crippen LogP contribution in [0.25, 0.3) is 34.2 Å². The number of nitrogens with zero attached hydrogens (tertiary/aromatic N) is 1. The highest BCUT2D eigenvalue weighted by molar-refractivity contribution is 5.96. The largest absolute Gasteiger partial charge is 0.489 e. The van der Waals surface area contributed by atoms with E-state index in [1.54, 1.807) is 0 Å².